The Balaban J connectivity index is 1.97. The van der Waals surface area contributed by atoms with Gasteiger partial charge in [0.25, 0.3) is 5.91 Å². The lowest BCUT2D eigenvalue weighted by Crippen LogP contribution is -2.40. The fourth-order valence-corrected chi connectivity index (χ4v) is 4.48. The van der Waals surface area contributed by atoms with E-state index >= 15 is 0 Å². The lowest BCUT2D eigenvalue weighted by atomic mass is 9.98. The summed E-state index contributed by atoms with van der Waals surface area (Å²) < 4.78 is 5.64. The molecule has 6 nitrogen and oxygen atoms in total. The molecule has 1 aromatic rings. The highest BCUT2D eigenvalue weighted by Crippen LogP contribution is 2.36. The first-order valence-corrected chi connectivity index (χ1v) is 10.2. The van der Waals surface area contributed by atoms with E-state index in [9.17, 15) is 19.5 Å². The van der Waals surface area contributed by atoms with E-state index in [0.717, 1.165) is 18.4 Å². The first kappa shape index (κ1) is 19.6. The number of ether oxygens (including phenoxy) is 1. The molecule has 3 rings (SSSR count). The number of hydrogen-bond acceptors (Lipinski definition) is 5. The van der Waals surface area contributed by atoms with Gasteiger partial charge < -0.3 is 14.7 Å². The van der Waals surface area contributed by atoms with Crippen molar-refractivity contribution in [3.63, 3.8) is 0 Å². The number of carboxylic acids is 1. The van der Waals surface area contributed by atoms with Crippen molar-refractivity contribution in [3.8, 4) is 0 Å². The molecule has 144 valence electrons. The Kier molecular flexibility index (Phi) is 6.01. The number of thioether (sulfide) groups is 1. The summed E-state index contributed by atoms with van der Waals surface area (Å²) in [5, 5.41) is 8.78. The number of nitrogens with zero attached hydrogens (tertiary/aromatic N) is 1. The summed E-state index contributed by atoms with van der Waals surface area (Å²) in [4.78, 5) is 39.1. The van der Waals surface area contributed by atoms with E-state index in [1.807, 2.05) is 25.3 Å². The minimum absolute atomic E-state index is 0.0662. The average Bonchev–Trinajstić information content (AvgIpc) is 3.23. The van der Waals surface area contributed by atoms with Crippen LogP contribution in [0.25, 0.3) is 0 Å². The maximum atomic E-state index is 13.2. The van der Waals surface area contributed by atoms with Crippen LogP contribution in [0.3, 0.4) is 0 Å². The molecular weight excluding hydrogens is 366 g/mol. The lowest BCUT2D eigenvalue weighted by Gasteiger charge is -2.27. The lowest BCUT2D eigenvalue weighted by molar-refractivity contribution is -0.137. The van der Waals surface area contributed by atoms with Crippen LogP contribution in [-0.2, 0) is 14.3 Å². The number of carbonyl (C=O) groups is 3. The predicted octanol–water partition coefficient (Wildman–Crippen LogP) is 2.66. The number of aryl methyl sites for hydroxylation is 1. The molecule has 0 unspecified atom stereocenters. The molecule has 1 aromatic carbocycles. The number of carbonyl (C=O) groups excluding carboxylic acids is 2. The van der Waals surface area contributed by atoms with Gasteiger partial charge in [0.15, 0.2) is 5.78 Å². The molecular formula is C20H23NO5S. The molecule has 1 saturated heterocycles. The molecule has 2 heterocycles. The molecule has 1 N–H and O–H groups in total. The van der Waals surface area contributed by atoms with Gasteiger partial charge in [-0.2, -0.15) is 0 Å². The topological polar surface area (TPSA) is 83.9 Å². The molecule has 2 atom stereocenters. The zero-order valence-electron chi connectivity index (χ0n) is 15.4. The molecule has 7 heteroatoms. The minimum Gasteiger partial charge on any atom is -0.481 e. The van der Waals surface area contributed by atoms with Crippen LogP contribution in [0, 0.1) is 6.92 Å². The summed E-state index contributed by atoms with van der Waals surface area (Å²) in [6.07, 6.45) is 3.11. The molecule has 0 aliphatic carbocycles. The molecule has 2 aliphatic rings. The van der Waals surface area contributed by atoms with Crippen LogP contribution in [0.5, 0.6) is 0 Å². The average molecular weight is 389 g/mol. The first-order chi connectivity index (χ1) is 12.9. The third kappa shape index (κ3) is 4.09. The van der Waals surface area contributed by atoms with Gasteiger partial charge in [-0.1, -0.05) is 29.8 Å². The van der Waals surface area contributed by atoms with Crippen LogP contribution in [0.4, 0.5) is 0 Å². The molecule has 0 spiro atoms. The van der Waals surface area contributed by atoms with Gasteiger partial charge in [0, 0.05) is 29.9 Å². The van der Waals surface area contributed by atoms with Crippen LogP contribution in [0.1, 0.15) is 35.2 Å². The summed E-state index contributed by atoms with van der Waals surface area (Å²) in [5.74, 6) is -1.78. The van der Waals surface area contributed by atoms with Gasteiger partial charge in [0.05, 0.1) is 12.5 Å². The zero-order valence-corrected chi connectivity index (χ0v) is 16.3. The normalized spacial score (nSPS) is 22.6. The van der Waals surface area contributed by atoms with Crippen molar-refractivity contribution in [3.05, 3.63) is 46.5 Å². The quantitative estimate of drug-likeness (QED) is 0.722. The Hall–Kier alpha value is -2.12. The van der Waals surface area contributed by atoms with Crippen LogP contribution in [0.2, 0.25) is 0 Å². The third-order valence-corrected chi connectivity index (χ3v) is 5.84. The van der Waals surface area contributed by atoms with Crippen LogP contribution >= 0.6 is 11.8 Å². The summed E-state index contributed by atoms with van der Waals surface area (Å²) in [5.41, 5.74) is 1.86. The highest BCUT2D eigenvalue weighted by Gasteiger charge is 2.43. The highest BCUT2D eigenvalue weighted by molar-refractivity contribution is 7.99. The van der Waals surface area contributed by atoms with E-state index in [4.69, 9.17) is 4.74 Å². The second-order valence-electron chi connectivity index (χ2n) is 6.84. The van der Waals surface area contributed by atoms with Gasteiger partial charge in [-0.3, -0.25) is 14.4 Å². The molecule has 0 aromatic heterocycles. The zero-order chi connectivity index (χ0) is 19.6. The van der Waals surface area contributed by atoms with Crippen LogP contribution < -0.4 is 0 Å². The fourth-order valence-electron chi connectivity index (χ4n) is 3.56. The first-order valence-electron chi connectivity index (χ1n) is 8.94. The number of aliphatic carboxylic acids is 1. The number of ketones is 1. The van der Waals surface area contributed by atoms with E-state index < -0.39 is 17.8 Å². The largest absolute Gasteiger partial charge is 0.481 e. The van der Waals surface area contributed by atoms with E-state index in [-0.39, 0.29) is 28.9 Å². The van der Waals surface area contributed by atoms with Gasteiger partial charge in [0.2, 0.25) is 0 Å². The molecule has 27 heavy (non-hydrogen) atoms. The standard InChI is InChI=1S/C20H23NO5S/c1-12-5-7-13(8-6-12)18(24)17-15(10-16(22)23)19(25)21(20(17)27-2)11-14-4-3-9-26-14/h5-8,14,20H,3-4,9-11H2,1-2H3,(H,22,23)/t14-,20+/m0/s1. The predicted molar refractivity (Wildman–Crippen MR) is 103 cm³/mol. The summed E-state index contributed by atoms with van der Waals surface area (Å²) in [6, 6.07) is 7.10. The van der Waals surface area contributed by atoms with Crippen molar-refractivity contribution in [2.24, 2.45) is 0 Å². The number of Topliss-reactive ketones (excluding diaryl/α,β-unsaturated/α-hetero) is 1. The number of carboxylic acid groups (broad SMARTS) is 1. The number of benzene rings is 1. The number of amides is 1. The number of rotatable bonds is 7. The Bertz CT molecular complexity index is 780. The fraction of sp³-hybridized carbons (Fsp3) is 0.450. The van der Waals surface area contributed by atoms with Crippen LogP contribution in [0.15, 0.2) is 35.4 Å². The van der Waals surface area contributed by atoms with Crippen molar-refractivity contribution >= 4 is 29.4 Å². The Labute approximate surface area is 162 Å². The van der Waals surface area contributed by atoms with E-state index in [0.29, 0.717) is 18.7 Å². The second kappa shape index (κ2) is 8.27. The van der Waals surface area contributed by atoms with E-state index in [1.54, 1.807) is 17.0 Å². The highest BCUT2D eigenvalue weighted by atomic mass is 32.2. The van der Waals surface area contributed by atoms with Gasteiger partial charge in [-0.25, -0.2) is 0 Å². The molecule has 0 radical (unpaired) electrons. The smallest absolute Gasteiger partial charge is 0.308 e. The maximum Gasteiger partial charge on any atom is 0.308 e. The summed E-state index contributed by atoms with van der Waals surface area (Å²) >= 11 is 1.37. The van der Waals surface area contributed by atoms with Crippen LogP contribution in [-0.4, -0.2) is 58.6 Å². The van der Waals surface area contributed by atoms with Crippen molar-refractivity contribution in [2.45, 2.75) is 37.7 Å². The molecule has 1 amide bonds. The molecule has 1 fully saturated rings. The summed E-state index contributed by atoms with van der Waals surface area (Å²) in [6.45, 7) is 2.97. The maximum absolute atomic E-state index is 13.2. The monoisotopic (exact) mass is 389 g/mol. The van der Waals surface area contributed by atoms with E-state index in [2.05, 4.69) is 0 Å². The van der Waals surface area contributed by atoms with Crippen molar-refractivity contribution < 1.29 is 24.2 Å². The number of hydrogen-bond donors (Lipinski definition) is 1. The van der Waals surface area contributed by atoms with Crippen molar-refractivity contribution in [1.29, 1.82) is 0 Å². The summed E-state index contributed by atoms with van der Waals surface area (Å²) in [7, 11) is 0. The SMILES string of the molecule is CS[C@@H]1C(C(=O)c2ccc(C)cc2)=C(CC(=O)O)C(=O)N1C[C@@H]1CCCO1. The molecule has 2 aliphatic heterocycles. The van der Waals surface area contributed by atoms with Gasteiger partial charge in [0.1, 0.15) is 5.37 Å². The van der Waals surface area contributed by atoms with Crippen molar-refractivity contribution in [1.82, 2.24) is 4.90 Å². The second-order valence-corrected chi connectivity index (χ2v) is 7.76. The van der Waals surface area contributed by atoms with Gasteiger partial charge in [-0.15, -0.1) is 11.8 Å². The van der Waals surface area contributed by atoms with Gasteiger partial charge >= 0.3 is 5.97 Å². The molecule has 0 bridgehead atoms. The Morgan fingerprint density at radius 3 is 2.56 bits per heavy atom. The third-order valence-electron chi connectivity index (χ3n) is 4.91. The van der Waals surface area contributed by atoms with Gasteiger partial charge in [-0.05, 0) is 26.0 Å². The molecule has 0 saturated carbocycles. The van der Waals surface area contributed by atoms with Crippen molar-refractivity contribution in [2.75, 3.05) is 19.4 Å². The Morgan fingerprint density at radius 1 is 1.30 bits per heavy atom. The minimum atomic E-state index is -1.12. The van der Waals surface area contributed by atoms with E-state index in [1.165, 1.54) is 11.8 Å². The Morgan fingerprint density at radius 2 is 2.00 bits per heavy atom.